The predicted octanol–water partition coefficient (Wildman–Crippen LogP) is 2.88. The fourth-order valence-corrected chi connectivity index (χ4v) is 4.29. The molecule has 4 amide bonds. The summed E-state index contributed by atoms with van der Waals surface area (Å²) in [7, 11) is 3.92. The van der Waals surface area contributed by atoms with Crippen molar-refractivity contribution in [3.05, 3.63) is 34.9 Å². The number of carbonyl (C=O) groups excluding carboxylic acids is 3. The summed E-state index contributed by atoms with van der Waals surface area (Å²) in [5, 5.41) is 3.55. The van der Waals surface area contributed by atoms with Crippen LogP contribution in [0.4, 0.5) is 4.79 Å². The van der Waals surface area contributed by atoms with E-state index in [0.717, 1.165) is 31.4 Å². The van der Waals surface area contributed by atoms with Crippen molar-refractivity contribution in [1.82, 2.24) is 20.0 Å². The molecule has 0 bridgehead atoms. The minimum absolute atomic E-state index is 0.0722. The molecule has 7 nitrogen and oxygen atoms in total. The third kappa shape index (κ3) is 5.32. The van der Waals surface area contributed by atoms with Gasteiger partial charge in [0.05, 0.1) is 0 Å². The summed E-state index contributed by atoms with van der Waals surface area (Å²) in [5.41, 5.74) is 0.245. The van der Waals surface area contributed by atoms with E-state index in [0.29, 0.717) is 31.0 Å². The van der Waals surface area contributed by atoms with E-state index in [-0.39, 0.29) is 30.8 Å². The highest BCUT2D eigenvalue weighted by molar-refractivity contribution is 6.30. The van der Waals surface area contributed by atoms with E-state index in [2.05, 4.69) is 5.32 Å². The van der Waals surface area contributed by atoms with Crippen LogP contribution in [0.2, 0.25) is 5.02 Å². The largest absolute Gasteiger partial charge is 0.337 e. The molecular weight excluding hydrogens is 404 g/mol. The molecule has 1 aliphatic heterocycles. The average Bonchev–Trinajstić information content (AvgIpc) is 2.94. The van der Waals surface area contributed by atoms with Gasteiger partial charge in [0.2, 0.25) is 5.91 Å². The summed E-state index contributed by atoms with van der Waals surface area (Å²) >= 11 is 5.96. The number of nitrogens with zero attached hydrogens (tertiary/aromatic N) is 3. The van der Waals surface area contributed by atoms with E-state index in [1.165, 1.54) is 4.90 Å². The molecule has 3 rings (SSSR count). The number of halogens is 1. The number of rotatable bonds is 8. The molecule has 0 aromatic heterocycles. The Balaban J connectivity index is 1.62. The van der Waals surface area contributed by atoms with Gasteiger partial charge in [-0.2, -0.15) is 0 Å². The Morgan fingerprint density at radius 1 is 1.10 bits per heavy atom. The first-order chi connectivity index (χ1) is 14.3. The maximum atomic E-state index is 13.0. The maximum absolute atomic E-state index is 13.0. The van der Waals surface area contributed by atoms with Gasteiger partial charge in [-0.05, 0) is 44.6 Å². The van der Waals surface area contributed by atoms with E-state index < -0.39 is 5.54 Å². The molecule has 8 heteroatoms. The molecule has 2 fully saturated rings. The second-order valence-corrected chi connectivity index (χ2v) is 8.96. The number of likely N-dealkylation sites (N-methyl/N-ethyl adjacent to an activating group) is 1. The average molecular weight is 435 g/mol. The molecule has 1 aromatic rings. The molecule has 1 saturated heterocycles. The van der Waals surface area contributed by atoms with Crippen LogP contribution in [0.1, 0.15) is 44.1 Å². The van der Waals surface area contributed by atoms with Gasteiger partial charge in [-0.3, -0.25) is 14.5 Å². The third-order valence-corrected chi connectivity index (χ3v) is 6.21. The lowest BCUT2D eigenvalue weighted by Crippen LogP contribution is -2.48. The molecule has 164 valence electrons. The quantitative estimate of drug-likeness (QED) is 0.638. The Labute approximate surface area is 183 Å². The second kappa shape index (κ2) is 9.79. The fourth-order valence-electron chi connectivity index (χ4n) is 4.16. The zero-order valence-corrected chi connectivity index (χ0v) is 18.6. The minimum Gasteiger partial charge on any atom is -0.337 e. The molecular formula is C22H31ClN4O3. The summed E-state index contributed by atoms with van der Waals surface area (Å²) in [6.45, 7) is 1.88. The van der Waals surface area contributed by atoms with Crippen LogP contribution in [0.25, 0.3) is 0 Å². The number of imide groups is 1. The number of carbonyl (C=O) groups is 3. The maximum Gasteiger partial charge on any atom is 0.325 e. The van der Waals surface area contributed by atoms with Crippen LogP contribution in [0.15, 0.2) is 24.3 Å². The number of amides is 4. The van der Waals surface area contributed by atoms with Crippen molar-refractivity contribution in [2.24, 2.45) is 0 Å². The number of benzene rings is 1. The molecule has 1 spiro atoms. The molecule has 1 saturated carbocycles. The Hall–Kier alpha value is -2.12. The molecule has 2 aliphatic rings. The van der Waals surface area contributed by atoms with Gasteiger partial charge in [0.1, 0.15) is 5.54 Å². The first kappa shape index (κ1) is 22.6. The molecule has 1 N–H and O–H groups in total. The second-order valence-electron chi connectivity index (χ2n) is 8.52. The third-order valence-electron chi connectivity index (χ3n) is 5.96. The topological polar surface area (TPSA) is 73.0 Å². The summed E-state index contributed by atoms with van der Waals surface area (Å²) in [6, 6.07) is 7.06. The van der Waals surface area contributed by atoms with E-state index in [9.17, 15) is 14.4 Å². The summed E-state index contributed by atoms with van der Waals surface area (Å²) in [5.74, 6) is -0.241. The Bertz CT molecular complexity index is 775. The van der Waals surface area contributed by atoms with Crippen LogP contribution >= 0.6 is 11.6 Å². The number of hydrogen-bond acceptors (Lipinski definition) is 4. The van der Waals surface area contributed by atoms with E-state index >= 15 is 0 Å². The highest BCUT2D eigenvalue weighted by atomic mass is 35.5. The highest BCUT2D eigenvalue weighted by Gasteiger charge is 2.51. The zero-order valence-electron chi connectivity index (χ0n) is 17.8. The highest BCUT2D eigenvalue weighted by Crippen LogP contribution is 2.33. The summed E-state index contributed by atoms with van der Waals surface area (Å²) in [4.78, 5) is 43.3. The minimum atomic E-state index is -0.744. The molecule has 30 heavy (non-hydrogen) atoms. The SMILES string of the molecule is CN(C)CCN(Cc1ccc(Cl)cc1)C(=O)CCN1C(=O)NC2(CCCCC2)C1=O. The van der Waals surface area contributed by atoms with Crippen molar-refractivity contribution in [1.29, 1.82) is 0 Å². The van der Waals surface area contributed by atoms with E-state index in [1.54, 1.807) is 4.90 Å². The molecule has 0 unspecified atom stereocenters. The van der Waals surface area contributed by atoms with Crippen LogP contribution in [-0.2, 0) is 16.1 Å². The standard InChI is InChI=1S/C22H31ClN4O3/c1-25(2)14-15-26(16-17-6-8-18(23)9-7-17)19(28)10-13-27-20(29)22(24-21(27)30)11-4-3-5-12-22/h6-9H,3-5,10-16H2,1-2H3,(H,24,30). The van der Waals surface area contributed by atoms with Crippen LogP contribution in [0.3, 0.4) is 0 Å². The van der Waals surface area contributed by atoms with Gasteiger partial charge < -0.3 is 15.1 Å². The Kier molecular flexibility index (Phi) is 7.36. The van der Waals surface area contributed by atoms with Crippen molar-refractivity contribution in [3.8, 4) is 0 Å². The molecule has 0 atom stereocenters. The van der Waals surface area contributed by atoms with Gasteiger partial charge in [0, 0.05) is 37.6 Å². The van der Waals surface area contributed by atoms with Crippen molar-refractivity contribution >= 4 is 29.4 Å². The monoisotopic (exact) mass is 434 g/mol. The molecule has 0 radical (unpaired) electrons. The normalized spacial score (nSPS) is 18.2. The van der Waals surface area contributed by atoms with Gasteiger partial charge >= 0.3 is 6.03 Å². The van der Waals surface area contributed by atoms with Crippen molar-refractivity contribution in [3.63, 3.8) is 0 Å². The van der Waals surface area contributed by atoms with Gasteiger partial charge in [-0.25, -0.2) is 4.79 Å². The van der Waals surface area contributed by atoms with Gasteiger partial charge in [0.25, 0.3) is 5.91 Å². The van der Waals surface area contributed by atoms with Gasteiger partial charge in [-0.1, -0.05) is 43.0 Å². The van der Waals surface area contributed by atoms with Crippen LogP contribution in [0.5, 0.6) is 0 Å². The van der Waals surface area contributed by atoms with Crippen LogP contribution in [0, 0.1) is 0 Å². The zero-order chi connectivity index (χ0) is 21.7. The molecule has 1 heterocycles. The Morgan fingerprint density at radius 3 is 2.40 bits per heavy atom. The predicted molar refractivity (Wildman–Crippen MR) is 116 cm³/mol. The lowest BCUT2D eigenvalue weighted by atomic mass is 9.82. The first-order valence-corrected chi connectivity index (χ1v) is 11.0. The summed E-state index contributed by atoms with van der Waals surface area (Å²) in [6.07, 6.45) is 4.47. The smallest absolute Gasteiger partial charge is 0.325 e. The lowest BCUT2D eigenvalue weighted by molar-refractivity contribution is -0.134. The number of urea groups is 1. The molecule has 1 aromatic carbocycles. The first-order valence-electron chi connectivity index (χ1n) is 10.6. The van der Waals surface area contributed by atoms with Crippen LogP contribution < -0.4 is 5.32 Å². The number of nitrogens with one attached hydrogen (secondary N) is 1. The number of hydrogen-bond donors (Lipinski definition) is 1. The van der Waals surface area contributed by atoms with Crippen molar-refractivity contribution in [2.45, 2.75) is 50.6 Å². The van der Waals surface area contributed by atoms with Gasteiger partial charge in [0.15, 0.2) is 0 Å². The fraction of sp³-hybridized carbons (Fsp3) is 0.591. The molecule has 1 aliphatic carbocycles. The summed E-state index contributed by atoms with van der Waals surface area (Å²) < 4.78 is 0. The van der Waals surface area contributed by atoms with Gasteiger partial charge in [-0.15, -0.1) is 0 Å². The van der Waals surface area contributed by atoms with Crippen molar-refractivity contribution < 1.29 is 14.4 Å². The van der Waals surface area contributed by atoms with Crippen LogP contribution in [-0.4, -0.2) is 71.8 Å². The van der Waals surface area contributed by atoms with Crippen molar-refractivity contribution in [2.75, 3.05) is 33.7 Å². The van der Waals surface area contributed by atoms with E-state index in [1.807, 2.05) is 43.3 Å². The Morgan fingerprint density at radius 2 is 1.77 bits per heavy atom. The lowest BCUT2D eigenvalue weighted by Gasteiger charge is -2.30. The van der Waals surface area contributed by atoms with E-state index in [4.69, 9.17) is 11.6 Å².